The van der Waals surface area contributed by atoms with Gasteiger partial charge >= 0.3 is 0 Å². The van der Waals surface area contributed by atoms with E-state index in [2.05, 4.69) is 6.92 Å². The second-order valence-corrected chi connectivity index (χ2v) is 6.21. The summed E-state index contributed by atoms with van der Waals surface area (Å²) in [5.74, 6) is 0.813. The van der Waals surface area contributed by atoms with E-state index in [1.165, 1.54) is 32.8 Å². The summed E-state index contributed by atoms with van der Waals surface area (Å²) in [5, 5.41) is 0. The summed E-state index contributed by atoms with van der Waals surface area (Å²) in [6.45, 7) is 2.26. The lowest BCUT2D eigenvalue weighted by atomic mass is 9.84. The van der Waals surface area contributed by atoms with E-state index >= 15 is 0 Å². The lowest BCUT2D eigenvalue weighted by molar-refractivity contribution is 0.356. The Labute approximate surface area is 121 Å². The van der Waals surface area contributed by atoms with Crippen LogP contribution in [0.1, 0.15) is 51.0 Å². The van der Waals surface area contributed by atoms with Crippen molar-refractivity contribution >= 4 is 0 Å². The molecule has 1 aliphatic carbocycles. The zero-order valence-electron chi connectivity index (χ0n) is 12.6. The minimum atomic E-state index is -0.298. The molecular weight excluding hydrogens is 253 g/mol. The molecule has 1 fully saturated rings. The van der Waals surface area contributed by atoms with Crippen LogP contribution in [0.5, 0.6) is 5.75 Å². The SMILES string of the molecule is CCC1CCCC(N)(Cc2ccc(OC)c(F)c2)CC1. The summed E-state index contributed by atoms with van der Waals surface area (Å²) in [7, 11) is 1.48. The van der Waals surface area contributed by atoms with E-state index in [0.717, 1.165) is 30.7 Å². The van der Waals surface area contributed by atoms with Crippen LogP contribution in [0.3, 0.4) is 0 Å². The van der Waals surface area contributed by atoms with Crippen molar-refractivity contribution < 1.29 is 9.13 Å². The van der Waals surface area contributed by atoms with Crippen LogP contribution in [0.4, 0.5) is 4.39 Å². The molecule has 1 aliphatic rings. The molecule has 0 aliphatic heterocycles. The molecule has 2 atom stereocenters. The van der Waals surface area contributed by atoms with Gasteiger partial charge in [-0.15, -0.1) is 0 Å². The molecule has 0 saturated heterocycles. The van der Waals surface area contributed by atoms with E-state index < -0.39 is 0 Å². The summed E-state index contributed by atoms with van der Waals surface area (Å²) < 4.78 is 18.7. The smallest absolute Gasteiger partial charge is 0.165 e. The Hall–Kier alpha value is -1.09. The molecule has 0 spiro atoms. The van der Waals surface area contributed by atoms with Gasteiger partial charge in [0.15, 0.2) is 11.6 Å². The summed E-state index contributed by atoms with van der Waals surface area (Å²) in [5.41, 5.74) is 7.37. The van der Waals surface area contributed by atoms with Gasteiger partial charge in [-0.3, -0.25) is 0 Å². The van der Waals surface area contributed by atoms with Crippen LogP contribution < -0.4 is 10.5 Å². The van der Waals surface area contributed by atoms with Crippen molar-refractivity contribution in [2.45, 2.75) is 57.4 Å². The van der Waals surface area contributed by atoms with Crippen molar-refractivity contribution in [3.8, 4) is 5.75 Å². The Morgan fingerprint density at radius 3 is 2.80 bits per heavy atom. The van der Waals surface area contributed by atoms with E-state index in [-0.39, 0.29) is 11.4 Å². The van der Waals surface area contributed by atoms with Crippen molar-refractivity contribution in [2.75, 3.05) is 7.11 Å². The van der Waals surface area contributed by atoms with Crippen LogP contribution in [0.15, 0.2) is 18.2 Å². The third-order valence-electron chi connectivity index (χ3n) is 4.69. The zero-order valence-corrected chi connectivity index (χ0v) is 12.6. The van der Waals surface area contributed by atoms with Gasteiger partial charge in [0.1, 0.15) is 0 Å². The fraction of sp³-hybridized carbons (Fsp3) is 0.647. The average Bonchev–Trinajstić information content (AvgIpc) is 2.61. The van der Waals surface area contributed by atoms with Crippen LogP contribution in [-0.2, 0) is 6.42 Å². The fourth-order valence-corrected chi connectivity index (χ4v) is 3.32. The summed E-state index contributed by atoms with van der Waals surface area (Å²) in [4.78, 5) is 0. The number of rotatable bonds is 4. The van der Waals surface area contributed by atoms with E-state index in [4.69, 9.17) is 10.5 Å². The van der Waals surface area contributed by atoms with Crippen molar-refractivity contribution in [2.24, 2.45) is 11.7 Å². The van der Waals surface area contributed by atoms with E-state index in [1.807, 2.05) is 6.07 Å². The molecule has 3 heteroatoms. The Balaban J connectivity index is 2.06. The Kier molecular flexibility index (Phi) is 5.03. The molecular formula is C17H26FNO. The maximum atomic E-state index is 13.8. The lowest BCUT2D eigenvalue weighted by Gasteiger charge is -2.28. The number of halogens is 1. The lowest BCUT2D eigenvalue weighted by Crippen LogP contribution is -2.41. The maximum Gasteiger partial charge on any atom is 0.165 e. The predicted molar refractivity (Wildman–Crippen MR) is 80.4 cm³/mol. The first kappa shape index (κ1) is 15.3. The molecule has 2 unspecified atom stereocenters. The first-order chi connectivity index (χ1) is 9.56. The van der Waals surface area contributed by atoms with Gasteiger partial charge in [-0.05, 0) is 49.3 Å². The zero-order chi connectivity index (χ0) is 14.6. The summed E-state index contributed by atoms with van der Waals surface area (Å²) >= 11 is 0. The highest BCUT2D eigenvalue weighted by atomic mass is 19.1. The molecule has 1 aromatic rings. The Bertz CT molecular complexity index is 449. The molecule has 1 saturated carbocycles. The van der Waals surface area contributed by atoms with E-state index in [9.17, 15) is 4.39 Å². The minimum Gasteiger partial charge on any atom is -0.494 e. The predicted octanol–water partition coefficient (Wildman–Crippen LogP) is 4.06. The highest BCUT2D eigenvalue weighted by Crippen LogP contribution is 2.33. The number of methoxy groups -OCH3 is 1. The number of benzene rings is 1. The quantitative estimate of drug-likeness (QED) is 0.843. The second kappa shape index (κ2) is 6.57. The van der Waals surface area contributed by atoms with Gasteiger partial charge in [-0.2, -0.15) is 0 Å². The van der Waals surface area contributed by atoms with Crippen molar-refractivity contribution in [1.82, 2.24) is 0 Å². The van der Waals surface area contributed by atoms with Gasteiger partial charge < -0.3 is 10.5 Å². The minimum absolute atomic E-state index is 0.176. The molecule has 2 N–H and O–H groups in total. The van der Waals surface area contributed by atoms with Crippen molar-refractivity contribution in [3.05, 3.63) is 29.6 Å². The van der Waals surface area contributed by atoms with Crippen LogP contribution in [0, 0.1) is 11.7 Å². The standard InChI is InChI=1S/C17H26FNO/c1-3-13-5-4-9-17(19,10-8-13)12-14-6-7-16(20-2)15(18)11-14/h6-7,11,13H,3-5,8-10,12,19H2,1-2H3. The number of nitrogens with two attached hydrogens (primary N) is 1. The van der Waals surface area contributed by atoms with Gasteiger partial charge in [-0.25, -0.2) is 4.39 Å². The van der Waals surface area contributed by atoms with Gasteiger partial charge in [-0.1, -0.05) is 32.3 Å². The largest absolute Gasteiger partial charge is 0.494 e. The summed E-state index contributed by atoms with van der Waals surface area (Å²) in [6, 6.07) is 5.19. The molecule has 1 aromatic carbocycles. The van der Waals surface area contributed by atoms with Crippen molar-refractivity contribution in [1.29, 1.82) is 0 Å². The summed E-state index contributed by atoms with van der Waals surface area (Å²) in [6.07, 6.45) is 7.75. The first-order valence-corrected chi connectivity index (χ1v) is 7.67. The first-order valence-electron chi connectivity index (χ1n) is 7.67. The van der Waals surface area contributed by atoms with E-state index in [0.29, 0.717) is 5.75 Å². The number of hydrogen-bond acceptors (Lipinski definition) is 2. The molecule has 0 aromatic heterocycles. The molecule has 0 heterocycles. The van der Waals surface area contributed by atoms with Crippen LogP contribution in [0.2, 0.25) is 0 Å². The van der Waals surface area contributed by atoms with Gasteiger partial charge in [0, 0.05) is 5.54 Å². The highest BCUT2D eigenvalue weighted by molar-refractivity contribution is 5.30. The van der Waals surface area contributed by atoms with Gasteiger partial charge in [0.2, 0.25) is 0 Å². The topological polar surface area (TPSA) is 35.2 Å². The van der Waals surface area contributed by atoms with Gasteiger partial charge in [0.25, 0.3) is 0 Å². The third-order valence-corrected chi connectivity index (χ3v) is 4.69. The number of ether oxygens (including phenoxy) is 1. The van der Waals surface area contributed by atoms with Crippen molar-refractivity contribution in [3.63, 3.8) is 0 Å². The molecule has 112 valence electrons. The maximum absolute atomic E-state index is 13.8. The molecule has 20 heavy (non-hydrogen) atoms. The Morgan fingerprint density at radius 1 is 1.35 bits per heavy atom. The third kappa shape index (κ3) is 3.72. The highest BCUT2D eigenvalue weighted by Gasteiger charge is 2.29. The monoisotopic (exact) mass is 279 g/mol. The molecule has 0 bridgehead atoms. The number of hydrogen-bond donors (Lipinski definition) is 1. The van der Waals surface area contributed by atoms with Crippen LogP contribution in [-0.4, -0.2) is 12.6 Å². The van der Waals surface area contributed by atoms with Crippen LogP contribution >= 0.6 is 0 Å². The molecule has 0 amide bonds. The molecule has 2 nitrogen and oxygen atoms in total. The second-order valence-electron chi connectivity index (χ2n) is 6.21. The van der Waals surface area contributed by atoms with Gasteiger partial charge in [0.05, 0.1) is 7.11 Å². The van der Waals surface area contributed by atoms with Crippen LogP contribution in [0.25, 0.3) is 0 Å². The molecule has 0 radical (unpaired) electrons. The average molecular weight is 279 g/mol. The fourth-order valence-electron chi connectivity index (χ4n) is 3.32. The van der Waals surface area contributed by atoms with E-state index in [1.54, 1.807) is 12.1 Å². The Morgan fingerprint density at radius 2 is 2.15 bits per heavy atom. The normalized spacial score (nSPS) is 27.1. The molecule has 2 rings (SSSR count).